The van der Waals surface area contributed by atoms with Crippen LogP contribution in [-0.4, -0.2) is 15.9 Å². The molecule has 3 N–H and O–H groups in total. The molecule has 1 aromatic heterocycles. The summed E-state index contributed by atoms with van der Waals surface area (Å²) in [5.41, 5.74) is 10.1. The van der Waals surface area contributed by atoms with E-state index in [4.69, 9.17) is 10.7 Å². The summed E-state index contributed by atoms with van der Waals surface area (Å²) < 4.78 is 13.1. The van der Waals surface area contributed by atoms with Crippen molar-refractivity contribution in [3.63, 3.8) is 0 Å². The van der Waals surface area contributed by atoms with Crippen LogP contribution in [0.3, 0.4) is 0 Å². The maximum atomic E-state index is 13.1. The third-order valence-corrected chi connectivity index (χ3v) is 4.56. The standard InChI is InChI=1S/C24H19FN4O/c25-19-10-6-16(7-11-19)14-22(30)29-24-23(18-4-2-1-3-5-18)28-21(15-27-24)17-8-12-20(26)13-9-17/h1-13,15H,14,26H2,(H,27,29,30). The summed E-state index contributed by atoms with van der Waals surface area (Å²) in [6, 6.07) is 22.7. The number of anilines is 2. The van der Waals surface area contributed by atoms with E-state index >= 15 is 0 Å². The first kappa shape index (κ1) is 19.3. The van der Waals surface area contributed by atoms with Crippen molar-refractivity contribution in [3.05, 3.63) is 96.4 Å². The van der Waals surface area contributed by atoms with Crippen molar-refractivity contribution < 1.29 is 9.18 Å². The van der Waals surface area contributed by atoms with E-state index in [1.165, 1.54) is 12.1 Å². The number of rotatable bonds is 5. The van der Waals surface area contributed by atoms with Crippen LogP contribution in [0.5, 0.6) is 0 Å². The van der Waals surface area contributed by atoms with E-state index in [1.54, 1.807) is 30.5 Å². The predicted molar refractivity (Wildman–Crippen MR) is 116 cm³/mol. The summed E-state index contributed by atoms with van der Waals surface area (Å²) in [6.07, 6.45) is 1.72. The highest BCUT2D eigenvalue weighted by Crippen LogP contribution is 2.28. The first-order chi connectivity index (χ1) is 14.6. The molecular weight excluding hydrogens is 379 g/mol. The molecule has 6 heteroatoms. The van der Waals surface area contributed by atoms with Gasteiger partial charge in [-0.15, -0.1) is 0 Å². The van der Waals surface area contributed by atoms with E-state index in [2.05, 4.69) is 10.3 Å². The number of carbonyl (C=O) groups is 1. The molecule has 4 rings (SSSR count). The van der Waals surface area contributed by atoms with Crippen molar-refractivity contribution in [1.82, 2.24) is 9.97 Å². The second kappa shape index (κ2) is 8.53. The molecule has 1 amide bonds. The smallest absolute Gasteiger partial charge is 0.230 e. The summed E-state index contributed by atoms with van der Waals surface area (Å²) in [6.45, 7) is 0. The van der Waals surface area contributed by atoms with Crippen molar-refractivity contribution in [2.45, 2.75) is 6.42 Å². The van der Waals surface area contributed by atoms with Gasteiger partial charge in [-0.05, 0) is 29.8 Å². The van der Waals surface area contributed by atoms with Crippen molar-refractivity contribution in [1.29, 1.82) is 0 Å². The summed E-state index contributed by atoms with van der Waals surface area (Å²) in [4.78, 5) is 21.8. The number of carbonyl (C=O) groups excluding carboxylic acids is 1. The lowest BCUT2D eigenvalue weighted by Crippen LogP contribution is -2.16. The Morgan fingerprint density at radius 1 is 0.900 bits per heavy atom. The van der Waals surface area contributed by atoms with Gasteiger partial charge in [0, 0.05) is 16.8 Å². The Balaban J connectivity index is 1.65. The minimum absolute atomic E-state index is 0.107. The molecule has 0 aliphatic heterocycles. The van der Waals surface area contributed by atoms with Crippen molar-refractivity contribution in [3.8, 4) is 22.5 Å². The zero-order valence-electron chi connectivity index (χ0n) is 16.0. The van der Waals surface area contributed by atoms with Gasteiger partial charge >= 0.3 is 0 Å². The van der Waals surface area contributed by atoms with E-state index in [0.717, 1.165) is 11.1 Å². The molecule has 0 spiro atoms. The number of halogens is 1. The van der Waals surface area contributed by atoms with Crippen LogP contribution in [0, 0.1) is 5.82 Å². The summed E-state index contributed by atoms with van der Waals surface area (Å²) >= 11 is 0. The normalized spacial score (nSPS) is 10.6. The number of hydrogen-bond donors (Lipinski definition) is 2. The predicted octanol–water partition coefficient (Wildman–Crippen LogP) is 4.71. The maximum absolute atomic E-state index is 13.1. The molecule has 5 nitrogen and oxygen atoms in total. The molecule has 0 fully saturated rings. The maximum Gasteiger partial charge on any atom is 0.230 e. The molecule has 0 atom stereocenters. The van der Waals surface area contributed by atoms with E-state index in [-0.39, 0.29) is 18.1 Å². The zero-order chi connectivity index (χ0) is 20.9. The van der Waals surface area contributed by atoms with Crippen molar-refractivity contribution >= 4 is 17.4 Å². The molecule has 148 valence electrons. The Hall–Kier alpha value is -4.06. The minimum atomic E-state index is -0.338. The van der Waals surface area contributed by atoms with Crippen LogP contribution in [-0.2, 0) is 11.2 Å². The number of aromatic nitrogens is 2. The molecule has 0 radical (unpaired) electrons. The van der Waals surface area contributed by atoms with Crippen LogP contribution in [0.25, 0.3) is 22.5 Å². The van der Waals surface area contributed by atoms with Gasteiger partial charge in [0.05, 0.1) is 18.3 Å². The molecule has 1 heterocycles. The SMILES string of the molecule is Nc1ccc(-c2cnc(NC(=O)Cc3ccc(F)cc3)c(-c3ccccc3)n2)cc1. The molecule has 0 aliphatic rings. The van der Waals surface area contributed by atoms with E-state index in [9.17, 15) is 9.18 Å². The van der Waals surface area contributed by atoms with E-state index in [0.29, 0.717) is 28.5 Å². The van der Waals surface area contributed by atoms with Crippen LogP contribution in [0.1, 0.15) is 5.56 Å². The molecular formula is C24H19FN4O. The molecule has 0 aliphatic carbocycles. The van der Waals surface area contributed by atoms with Gasteiger partial charge in [-0.3, -0.25) is 4.79 Å². The third kappa shape index (κ3) is 4.50. The van der Waals surface area contributed by atoms with Crippen LogP contribution < -0.4 is 11.1 Å². The molecule has 3 aromatic carbocycles. The number of nitrogens with zero attached hydrogens (tertiary/aromatic N) is 2. The lowest BCUT2D eigenvalue weighted by atomic mass is 10.1. The van der Waals surface area contributed by atoms with Crippen LogP contribution in [0.2, 0.25) is 0 Å². The fraction of sp³-hybridized carbons (Fsp3) is 0.0417. The second-order valence-electron chi connectivity index (χ2n) is 6.79. The number of benzene rings is 3. The second-order valence-corrected chi connectivity index (χ2v) is 6.79. The Bertz CT molecular complexity index is 1160. The Morgan fingerprint density at radius 3 is 2.30 bits per heavy atom. The average molecular weight is 398 g/mol. The molecule has 0 saturated heterocycles. The minimum Gasteiger partial charge on any atom is -0.399 e. The fourth-order valence-corrected chi connectivity index (χ4v) is 3.03. The molecule has 0 bridgehead atoms. The molecule has 4 aromatic rings. The summed E-state index contributed by atoms with van der Waals surface area (Å²) in [5, 5.41) is 2.83. The highest BCUT2D eigenvalue weighted by atomic mass is 19.1. The Morgan fingerprint density at radius 2 is 1.60 bits per heavy atom. The zero-order valence-corrected chi connectivity index (χ0v) is 16.0. The van der Waals surface area contributed by atoms with Gasteiger partial charge in [-0.2, -0.15) is 0 Å². The number of nitrogen functional groups attached to an aromatic ring is 1. The quantitative estimate of drug-likeness (QED) is 0.477. The van der Waals surface area contributed by atoms with Crippen molar-refractivity contribution in [2.24, 2.45) is 0 Å². The monoisotopic (exact) mass is 398 g/mol. The fourth-order valence-electron chi connectivity index (χ4n) is 3.03. The van der Waals surface area contributed by atoms with Gasteiger partial charge < -0.3 is 11.1 Å². The average Bonchev–Trinajstić information content (AvgIpc) is 2.77. The van der Waals surface area contributed by atoms with Gasteiger partial charge in [0.1, 0.15) is 11.5 Å². The third-order valence-electron chi connectivity index (χ3n) is 4.56. The van der Waals surface area contributed by atoms with E-state index < -0.39 is 0 Å². The topological polar surface area (TPSA) is 80.9 Å². The molecule has 0 saturated carbocycles. The number of nitrogens with one attached hydrogen (secondary N) is 1. The van der Waals surface area contributed by atoms with Crippen LogP contribution in [0.4, 0.5) is 15.9 Å². The van der Waals surface area contributed by atoms with Crippen molar-refractivity contribution in [2.75, 3.05) is 11.1 Å². The van der Waals surface area contributed by atoms with Crippen LogP contribution in [0.15, 0.2) is 85.1 Å². The lowest BCUT2D eigenvalue weighted by molar-refractivity contribution is -0.115. The van der Waals surface area contributed by atoms with Gasteiger partial charge in [0.2, 0.25) is 5.91 Å². The lowest BCUT2D eigenvalue weighted by Gasteiger charge is -2.12. The van der Waals surface area contributed by atoms with E-state index in [1.807, 2.05) is 42.5 Å². The number of nitrogens with two attached hydrogens (primary N) is 1. The van der Waals surface area contributed by atoms with Gasteiger partial charge in [0.25, 0.3) is 0 Å². The van der Waals surface area contributed by atoms with Gasteiger partial charge in [-0.1, -0.05) is 54.6 Å². The largest absolute Gasteiger partial charge is 0.399 e. The van der Waals surface area contributed by atoms with Crippen LogP contribution >= 0.6 is 0 Å². The highest BCUT2D eigenvalue weighted by Gasteiger charge is 2.14. The Kier molecular flexibility index (Phi) is 5.48. The summed E-state index contributed by atoms with van der Waals surface area (Å²) in [5.74, 6) is -0.226. The highest BCUT2D eigenvalue weighted by molar-refractivity contribution is 5.94. The molecule has 30 heavy (non-hydrogen) atoms. The van der Waals surface area contributed by atoms with Gasteiger partial charge in [-0.25, -0.2) is 14.4 Å². The molecule has 0 unspecified atom stereocenters. The summed E-state index contributed by atoms with van der Waals surface area (Å²) in [7, 11) is 0. The first-order valence-electron chi connectivity index (χ1n) is 9.41. The number of amides is 1. The van der Waals surface area contributed by atoms with Gasteiger partial charge in [0.15, 0.2) is 5.82 Å². The number of hydrogen-bond acceptors (Lipinski definition) is 4. The first-order valence-corrected chi connectivity index (χ1v) is 9.41. The Labute approximate surface area is 173 Å².